The Morgan fingerprint density at radius 2 is 2.11 bits per heavy atom. The average molecular weight is 276 g/mol. The van der Waals surface area contributed by atoms with Gasteiger partial charge in [0.05, 0.1) is 5.52 Å². The van der Waals surface area contributed by atoms with Crippen molar-refractivity contribution < 1.29 is 0 Å². The van der Waals surface area contributed by atoms with E-state index in [4.69, 9.17) is 30.2 Å². The third-order valence-electron chi connectivity index (χ3n) is 2.51. The smallest absolute Gasteiger partial charge is 0.179 e. The van der Waals surface area contributed by atoms with Crippen LogP contribution in [0.2, 0.25) is 0 Å². The molecule has 1 aromatic heterocycles. The molecule has 0 fully saturated rings. The van der Waals surface area contributed by atoms with Gasteiger partial charge in [-0.2, -0.15) is 0 Å². The molecule has 0 aliphatic rings. The minimum absolute atomic E-state index is 0.161. The van der Waals surface area contributed by atoms with E-state index in [0.717, 1.165) is 16.6 Å². The first-order valence-corrected chi connectivity index (χ1v) is 6.08. The monoisotopic (exact) mass is 276 g/mol. The molecule has 0 spiro atoms. The fourth-order valence-corrected chi connectivity index (χ4v) is 1.95. The molecule has 18 heavy (non-hydrogen) atoms. The van der Waals surface area contributed by atoms with Gasteiger partial charge in [0, 0.05) is 24.3 Å². The van der Waals surface area contributed by atoms with E-state index in [9.17, 15) is 0 Å². The number of hydrogen-bond acceptors (Lipinski definition) is 3. The highest BCUT2D eigenvalue weighted by molar-refractivity contribution is 7.82. The van der Waals surface area contributed by atoms with Gasteiger partial charge < -0.3 is 16.0 Å². The van der Waals surface area contributed by atoms with E-state index in [1.54, 1.807) is 11.1 Å². The lowest BCUT2D eigenvalue weighted by molar-refractivity contribution is 1.21. The number of thiocarbonyl (C=S) groups is 2. The molecule has 2 aromatic rings. The third-order valence-corrected chi connectivity index (χ3v) is 2.99. The molecule has 0 radical (unpaired) electrons. The Balaban J connectivity index is 2.30. The Kier molecular flexibility index (Phi) is 3.69. The zero-order valence-corrected chi connectivity index (χ0v) is 11.4. The van der Waals surface area contributed by atoms with Crippen molar-refractivity contribution in [1.82, 2.24) is 10.3 Å². The van der Waals surface area contributed by atoms with Gasteiger partial charge >= 0.3 is 0 Å². The number of benzene rings is 1. The lowest BCUT2D eigenvalue weighted by atomic mass is 10.2. The summed E-state index contributed by atoms with van der Waals surface area (Å²) in [5, 5.41) is 4.42. The number of rotatable bonds is 1. The predicted octanol–water partition coefficient (Wildman–Crippen LogP) is 1.79. The van der Waals surface area contributed by atoms with E-state index < -0.39 is 0 Å². The zero-order valence-electron chi connectivity index (χ0n) is 9.75. The molecule has 3 N–H and O–H groups in total. The van der Waals surface area contributed by atoms with Gasteiger partial charge in [0.2, 0.25) is 0 Å². The van der Waals surface area contributed by atoms with Crippen LogP contribution >= 0.6 is 24.4 Å². The first-order valence-electron chi connectivity index (χ1n) is 5.27. The zero-order chi connectivity index (χ0) is 13.1. The molecule has 0 unspecified atom stereocenters. The molecule has 0 bridgehead atoms. The van der Waals surface area contributed by atoms with Gasteiger partial charge in [-0.15, -0.1) is 0 Å². The van der Waals surface area contributed by atoms with Crippen molar-refractivity contribution in [3.8, 4) is 0 Å². The van der Waals surface area contributed by atoms with E-state index in [0.29, 0.717) is 5.11 Å². The summed E-state index contributed by atoms with van der Waals surface area (Å²) in [6.07, 6.45) is 1.77. The van der Waals surface area contributed by atoms with Gasteiger partial charge in [-0.1, -0.05) is 6.07 Å². The molecule has 0 atom stereocenters. The fraction of sp³-hybridized carbons (Fsp3) is 0.0833. The van der Waals surface area contributed by atoms with Crippen molar-refractivity contribution in [2.24, 2.45) is 5.73 Å². The molecule has 1 heterocycles. The minimum Gasteiger partial charge on any atom is -0.376 e. The van der Waals surface area contributed by atoms with Gasteiger partial charge in [0.1, 0.15) is 0 Å². The number of nitrogens with two attached hydrogens (primary N) is 1. The molecular weight excluding hydrogens is 264 g/mol. The standard InChI is InChI=1S/C12H12N4S2/c1-16(12(18)15-11(13)17)9-4-5-10-8(7-9)3-2-6-14-10/h2-7H,1H3,(H3,13,15,17,18). The molecule has 0 aliphatic carbocycles. The quantitative estimate of drug-likeness (QED) is 0.775. The van der Waals surface area contributed by atoms with Crippen molar-refractivity contribution in [2.75, 3.05) is 11.9 Å². The molecule has 0 saturated carbocycles. The van der Waals surface area contributed by atoms with Gasteiger partial charge in [0.15, 0.2) is 10.2 Å². The van der Waals surface area contributed by atoms with Gasteiger partial charge in [-0.3, -0.25) is 4.98 Å². The van der Waals surface area contributed by atoms with Crippen LogP contribution < -0.4 is 16.0 Å². The van der Waals surface area contributed by atoms with Gasteiger partial charge in [0.25, 0.3) is 0 Å². The van der Waals surface area contributed by atoms with Crippen LogP contribution in [0.5, 0.6) is 0 Å². The summed E-state index contributed by atoms with van der Waals surface area (Å²) in [5.41, 5.74) is 7.29. The van der Waals surface area contributed by atoms with Gasteiger partial charge in [-0.25, -0.2) is 0 Å². The highest BCUT2D eigenvalue weighted by Crippen LogP contribution is 2.19. The van der Waals surface area contributed by atoms with Crippen molar-refractivity contribution >= 4 is 51.3 Å². The highest BCUT2D eigenvalue weighted by Gasteiger charge is 2.08. The molecule has 92 valence electrons. The normalized spacial score (nSPS) is 10.1. The van der Waals surface area contributed by atoms with Crippen LogP contribution in [0.25, 0.3) is 10.9 Å². The van der Waals surface area contributed by atoms with E-state index in [1.165, 1.54) is 0 Å². The third kappa shape index (κ3) is 2.72. The van der Waals surface area contributed by atoms with Crippen molar-refractivity contribution in [2.45, 2.75) is 0 Å². The number of anilines is 1. The largest absolute Gasteiger partial charge is 0.376 e. The minimum atomic E-state index is 0.161. The summed E-state index contributed by atoms with van der Waals surface area (Å²) in [7, 11) is 1.85. The summed E-state index contributed by atoms with van der Waals surface area (Å²) < 4.78 is 0. The molecule has 1 aromatic carbocycles. The molecule has 6 heteroatoms. The van der Waals surface area contributed by atoms with Crippen LogP contribution in [0.1, 0.15) is 0 Å². The first kappa shape index (κ1) is 12.7. The maximum atomic E-state index is 5.40. The van der Waals surface area contributed by atoms with E-state index in [2.05, 4.69) is 10.3 Å². The average Bonchev–Trinajstić information content (AvgIpc) is 2.36. The Morgan fingerprint density at radius 3 is 2.83 bits per heavy atom. The van der Waals surface area contributed by atoms with E-state index >= 15 is 0 Å². The van der Waals surface area contributed by atoms with Crippen LogP contribution in [-0.2, 0) is 0 Å². The second kappa shape index (κ2) is 5.24. The summed E-state index contributed by atoms with van der Waals surface area (Å²) in [6, 6.07) is 9.81. The van der Waals surface area contributed by atoms with Crippen molar-refractivity contribution in [3.63, 3.8) is 0 Å². The lowest BCUT2D eigenvalue weighted by Crippen LogP contribution is -2.43. The van der Waals surface area contributed by atoms with Crippen LogP contribution in [0, 0.1) is 0 Å². The highest BCUT2D eigenvalue weighted by atomic mass is 32.1. The van der Waals surface area contributed by atoms with Crippen molar-refractivity contribution in [3.05, 3.63) is 36.5 Å². The van der Waals surface area contributed by atoms with E-state index in [1.807, 2.05) is 37.4 Å². The molecule has 2 rings (SSSR count). The second-order valence-corrected chi connectivity index (χ2v) is 4.56. The van der Waals surface area contributed by atoms with Crippen LogP contribution in [0.3, 0.4) is 0 Å². The molecule has 4 nitrogen and oxygen atoms in total. The summed E-state index contributed by atoms with van der Waals surface area (Å²) in [5.74, 6) is 0. The number of nitrogens with zero attached hydrogens (tertiary/aromatic N) is 2. The lowest BCUT2D eigenvalue weighted by Gasteiger charge is -2.20. The second-order valence-electron chi connectivity index (χ2n) is 3.73. The summed E-state index contributed by atoms with van der Waals surface area (Å²) >= 11 is 9.95. The number of pyridine rings is 1. The number of nitrogens with one attached hydrogen (secondary N) is 1. The number of aromatic nitrogens is 1. The Bertz CT molecular complexity index is 612. The SMILES string of the molecule is CN(C(=S)NC(N)=S)c1ccc2ncccc2c1. The Morgan fingerprint density at radius 1 is 1.33 bits per heavy atom. The molecular formula is C12H12N4S2. The van der Waals surface area contributed by atoms with Crippen LogP contribution in [-0.4, -0.2) is 22.3 Å². The van der Waals surface area contributed by atoms with Crippen molar-refractivity contribution in [1.29, 1.82) is 0 Å². The van der Waals surface area contributed by atoms with E-state index in [-0.39, 0.29) is 5.11 Å². The van der Waals surface area contributed by atoms with Crippen LogP contribution in [0.15, 0.2) is 36.5 Å². The molecule has 0 saturated heterocycles. The maximum Gasteiger partial charge on any atom is 0.179 e. The van der Waals surface area contributed by atoms with Gasteiger partial charge in [-0.05, 0) is 48.7 Å². The predicted molar refractivity (Wildman–Crippen MR) is 82.7 cm³/mol. The number of fused-ring (bicyclic) bond motifs is 1. The summed E-state index contributed by atoms with van der Waals surface area (Å²) in [6.45, 7) is 0. The fourth-order valence-electron chi connectivity index (χ4n) is 1.58. The maximum absolute atomic E-state index is 5.40. The summed E-state index contributed by atoms with van der Waals surface area (Å²) in [4.78, 5) is 6.07. The Labute approximate surface area is 116 Å². The Hall–Kier alpha value is -1.79. The topological polar surface area (TPSA) is 54.2 Å². The molecule has 0 amide bonds. The molecule has 0 aliphatic heterocycles. The first-order chi connectivity index (χ1) is 8.58. The van der Waals surface area contributed by atoms with Crippen LogP contribution in [0.4, 0.5) is 5.69 Å². The number of hydrogen-bond donors (Lipinski definition) is 2.